The Hall–Kier alpha value is -0.450. The number of ether oxygens (including phenoxy) is 1. The summed E-state index contributed by atoms with van der Waals surface area (Å²) < 4.78 is 7.84. The van der Waals surface area contributed by atoms with Crippen molar-refractivity contribution in [3.63, 3.8) is 0 Å². The standard InChI is InChI=1S/C12H16INO/c1-12(2,3)9-4-5-11-10(8-9)14(13)6-7-15-11/h4-5,8H,6-7H2,1-3H3. The molecule has 1 aliphatic rings. The smallest absolute Gasteiger partial charge is 0.143 e. The molecule has 0 unspecified atom stereocenters. The van der Waals surface area contributed by atoms with E-state index >= 15 is 0 Å². The Balaban J connectivity index is 2.44. The number of anilines is 1. The van der Waals surface area contributed by atoms with Gasteiger partial charge in [-0.3, -0.25) is 0 Å². The van der Waals surface area contributed by atoms with E-state index in [0.717, 1.165) is 18.9 Å². The second-order valence-electron chi connectivity index (χ2n) is 4.87. The molecule has 0 fully saturated rings. The van der Waals surface area contributed by atoms with Gasteiger partial charge in [0.15, 0.2) is 0 Å². The first-order chi connectivity index (χ1) is 6.98. The van der Waals surface area contributed by atoms with Crippen LogP contribution in [-0.2, 0) is 5.41 Å². The minimum absolute atomic E-state index is 0.198. The first-order valence-corrected chi connectivity index (χ1v) is 6.15. The van der Waals surface area contributed by atoms with Crippen molar-refractivity contribution in [3.8, 4) is 5.75 Å². The lowest BCUT2D eigenvalue weighted by Gasteiger charge is -2.28. The average molecular weight is 317 g/mol. The van der Waals surface area contributed by atoms with E-state index in [1.807, 2.05) is 0 Å². The van der Waals surface area contributed by atoms with Crippen LogP contribution in [0.4, 0.5) is 5.69 Å². The molecule has 0 N–H and O–H groups in total. The van der Waals surface area contributed by atoms with Gasteiger partial charge in [0, 0.05) is 0 Å². The highest BCUT2D eigenvalue weighted by Crippen LogP contribution is 2.37. The van der Waals surface area contributed by atoms with Crippen LogP contribution in [0.1, 0.15) is 26.3 Å². The minimum atomic E-state index is 0.198. The fourth-order valence-electron chi connectivity index (χ4n) is 1.65. The van der Waals surface area contributed by atoms with Crippen LogP contribution in [0.3, 0.4) is 0 Å². The van der Waals surface area contributed by atoms with Crippen molar-refractivity contribution in [1.29, 1.82) is 0 Å². The van der Waals surface area contributed by atoms with Crippen LogP contribution in [0.25, 0.3) is 0 Å². The molecule has 2 rings (SSSR count). The van der Waals surface area contributed by atoms with E-state index in [9.17, 15) is 0 Å². The molecule has 0 aromatic heterocycles. The topological polar surface area (TPSA) is 12.5 Å². The van der Waals surface area contributed by atoms with Gasteiger partial charge in [0.1, 0.15) is 12.4 Å². The molecule has 15 heavy (non-hydrogen) atoms. The predicted molar refractivity (Wildman–Crippen MR) is 72.0 cm³/mol. The number of benzene rings is 1. The first-order valence-electron chi connectivity index (χ1n) is 5.19. The fraction of sp³-hybridized carbons (Fsp3) is 0.500. The van der Waals surface area contributed by atoms with Gasteiger partial charge >= 0.3 is 0 Å². The molecule has 1 heterocycles. The molecule has 1 aromatic rings. The Labute approximate surface area is 105 Å². The molecule has 0 saturated carbocycles. The summed E-state index contributed by atoms with van der Waals surface area (Å²) in [7, 11) is 0. The van der Waals surface area contributed by atoms with Gasteiger partial charge in [-0.25, -0.2) is 0 Å². The van der Waals surface area contributed by atoms with Crippen LogP contribution in [0.15, 0.2) is 18.2 Å². The quantitative estimate of drug-likeness (QED) is 0.536. The zero-order valence-corrected chi connectivity index (χ0v) is 11.5. The second-order valence-corrected chi connectivity index (χ2v) is 6.03. The summed E-state index contributed by atoms with van der Waals surface area (Å²) in [4.78, 5) is 0. The number of nitrogens with zero attached hydrogens (tertiary/aromatic N) is 1. The lowest BCUT2D eigenvalue weighted by Crippen LogP contribution is -2.24. The summed E-state index contributed by atoms with van der Waals surface area (Å²) in [5.74, 6) is 1.00. The minimum Gasteiger partial charge on any atom is -0.490 e. The maximum absolute atomic E-state index is 5.62. The molecule has 0 radical (unpaired) electrons. The Morgan fingerprint density at radius 2 is 2.07 bits per heavy atom. The van der Waals surface area contributed by atoms with Crippen molar-refractivity contribution in [2.75, 3.05) is 16.3 Å². The molecule has 1 aromatic carbocycles. The van der Waals surface area contributed by atoms with Gasteiger partial charge in [0.2, 0.25) is 0 Å². The van der Waals surface area contributed by atoms with Crippen molar-refractivity contribution in [3.05, 3.63) is 23.8 Å². The zero-order valence-electron chi connectivity index (χ0n) is 9.38. The third-order valence-corrected chi connectivity index (χ3v) is 3.63. The number of rotatable bonds is 0. The summed E-state index contributed by atoms with van der Waals surface area (Å²) in [6.45, 7) is 8.44. The van der Waals surface area contributed by atoms with E-state index < -0.39 is 0 Å². The van der Waals surface area contributed by atoms with E-state index in [4.69, 9.17) is 4.74 Å². The van der Waals surface area contributed by atoms with E-state index in [-0.39, 0.29) is 5.41 Å². The monoisotopic (exact) mass is 317 g/mol. The molecule has 3 heteroatoms. The van der Waals surface area contributed by atoms with Crippen LogP contribution in [0.2, 0.25) is 0 Å². The highest BCUT2D eigenvalue weighted by atomic mass is 127. The molecular weight excluding hydrogens is 301 g/mol. The van der Waals surface area contributed by atoms with Gasteiger partial charge in [0.25, 0.3) is 0 Å². The Morgan fingerprint density at radius 1 is 1.33 bits per heavy atom. The summed E-state index contributed by atoms with van der Waals surface area (Å²) in [5, 5.41) is 0. The molecule has 0 atom stereocenters. The van der Waals surface area contributed by atoms with Crippen molar-refractivity contribution >= 4 is 28.6 Å². The van der Waals surface area contributed by atoms with Crippen LogP contribution >= 0.6 is 22.9 Å². The highest BCUT2D eigenvalue weighted by molar-refractivity contribution is 14.1. The largest absolute Gasteiger partial charge is 0.490 e. The summed E-state index contributed by atoms with van der Waals surface area (Å²) in [6, 6.07) is 6.48. The normalized spacial score (nSPS) is 15.9. The van der Waals surface area contributed by atoms with Crippen molar-refractivity contribution < 1.29 is 4.74 Å². The molecule has 0 amide bonds. The van der Waals surface area contributed by atoms with Gasteiger partial charge in [-0.2, -0.15) is 0 Å². The van der Waals surface area contributed by atoms with Crippen molar-refractivity contribution in [2.24, 2.45) is 0 Å². The van der Waals surface area contributed by atoms with E-state index in [1.165, 1.54) is 11.3 Å². The van der Waals surface area contributed by atoms with E-state index in [0.29, 0.717) is 0 Å². The Bertz CT molecular complexity index is 370. The SMILES string of the molecule is CC(C)(C)c1ccc2c(c1)N(I)CCO2. The van der Waals surface area contributed by atoms with Crippen molar-refractivity contribution in [1.82, 2.24) is 0 Å². The lowest BCUT2D eigenvalue weighted by atomic mass is 9.86. The molecule has 0 spiro atoms. The molecule has 2 nitrogen and oxygen atoms in total. The molecular formula is C12H16INO. The van der Waals surface area contributed by atoms with Crippen LogP contribution in [0, 0.1) is 0 Å². The summed E-state index contributed by atoms with van der Waals surface area (Å²) in [5.41, 5.74) is 2.76. The fourth-order valence-corrected chi connectivity index (χ4v) is 2.23. The first kappa shape index (κ1) is 11.0. The number of hydrogen-bond donors (Lipinski definition) is 0. The van der Waals surface area contributed by atoms with Gasteiger partial charge in [-0.1, -0.05) is 26.8 Å². The maximum Gasteiger partial charge on any atom is 0.143 e. The molecule has 1 aliphatic heterocycles. The Kier molecular flexibility index (Phi) is 2.83. The second kappa shape index (κ2) is 3.85. The van der Waals surface area contributed by atoms with Crippen LogP contribution in [-0.4, -0.2) is 13.2 Å². The molecule has 0 saturated heterocycles. The predicted octanol–water partition coefficient (Wildman–Crippen LogP) is 3.53. The van der Waals surface area contributed by atoms with Crippen LogP contribution in [0.5, 0.6) is 5.75 Å². The van der Waals surface area contributed by atoms with Gasteiger partial charge in [-0.05, 0) is 23.1 Å². The maximum atomic E-state index is 5.62. The Morgan fingerprint density at radius 3 is 2.73 bits per heavy atom. The molecule has 0 aliphatic carbocycles. The number of halogens is 1. The average Bonchev–Trinajstić information content (AvgIpc) is 2.16. The van der Waals surface area contributed by atoms with Gasteiger partial charge < -0.3 is 7.85 Å². The van der Waals surface area contributed by atoms with E-state index in [1.54, 1.807) is 0 Å². The number of hydrogen-bond acceptors (Lipinski definition) is 2. The third-order valence-electron chi connectivity index (χ3n) is 2.63. The molecule has 0 bridgehead atoms. The van der Waals surface area contributed by atoms with Crippen LogP contribution < -0.4 is 7.85 Å². The van der Waals surface area contributed by atoms with Gasteiger partial charge in [-0.15, -0.1) is 0 Å². The summed E-state index contributed by atoms with van der Waals surface area (Å²) in [6.07, 6.45) is 0. The van der Waals surface area contributed by atoms with Crippen molar-refractivity contribution in [2.45, 2.75) is 26.2 Å². The van der Waals surface area contributed by atoms with E-state index in [2.05, 4.69) is 64.9 Å². The zero-order chi connectivity index (χ0) is 11.1. The molecule has 82 valence electrons. The third kappa shape index (κ3) is 2.22. The van der Waals surface area contributed by atoms with Gasteiger partial charge in [0.05, 0.1) is 35.1 Å². The lowest BCUT2D eigenvalue weighted by molar-refractivity contribution is 0.319. The number of fused-ring (bicyclic) bond motifs is 1. The highest BCUT2D eigenvalue weighted by Gasteiger charge is 2.20. The summed E-state index contributed by atoms with van der Waals surface area (Å²) >= 11 is 2.35.